The van der Waals surface area contributed by atoms with Crippen molar-refractivity contribution in [3.05, 3.63) is 107 Å². The van der Waals surface area contributed by atoms with Gasteiger partial charge in [0, 0.05) is 13.1 Å². The molecule has 140 valence electrons. The molecule has 3 nitrogen and oxygen atoms in total. The largest absolute Gasteiger partial charge is 0.379 e. The molecule has 0 amide bonds. The normalized spacial score (nSPS) is 11.5. The second kappa shape index (κ2) is 9.47. The predicted molar refractivity (Wildman–Crippen MR) is 112 cm³/mol. The smallest absolute Gasteiger partial charge is 0.0948 e. The molecule has 0 aromatic heterocycles. The first-order valence-electron chi connectivity index (χ1n) is 9.48. The number of nitrogens with two attached hydrogens (primary N) is 1. The fourth-order valence-electron chi connectivity index (χ4n) is 3.48. The molecule has 0 saturated heterocycles. The van der Waals surface area contributed by atoms with Gasteiger partial charge in [0.25, 0.3) is 0 Å². The summed E-state index contributed by atoms with van der Waals surface area (Å²) in [6.45, 7) is 4.57. The van der Waals surface area contributed by atoms with Gasteiger partial charge in [-0.25, -0.2) is 0 Å². The summed E-state index contributed by atoms with van der Waals surface area (Å²) in [5, 5.41) is 3.79. The maximum atomic E-state index is 5.62. The van der Waals surface area contributed by atoms with Crippen molar-refractivity contribution < 1.29 is 4.74 Å². The lowest BCUT2D eigenvalue weighted by atomic mass is 9.77. The molecule has 3 N–H and O–H groups in total. The van der Waals surface area contributed by atoms with Gasteiger partial charge < -0.3 is 10.5 Å². The van der Waals surface area contributed by atoms with Crippen LogP contribution in [-0.4, -0.2) is 26.3 Å². The van der Waals surface area contributed by atoms with E-state index >= 15 is 0 Å². The van der Waals surface area contributed by atoms with Gasteiger partial charge in [0.2, 0.25) is 0 Å². The van der Waals surface area contributed by atoms with Gasteiger partial charge in [0.15, 0.2) is 0 Å². The zero-order chi connectivity index (χ0) is 19.0. The van der Waals surface area contributed by atoms with E-state index in [4.69, 9.17) is 10.5 Å². The van der Waals surface area contributed by atoms with E-state index in [9.17, 15) is 0 Å². The molecule has 0 spiro atoms. The fourth-order valence-corrected chi connectivity index (χ4v) is 3.48. The number of nitrogens with one attached hydrogen (secondary N) is 1. The molecule has 27 heavy (non-hydrogen) atoms. The summed E-state index contributed by atoms with van der Waals surface area (Å²) in [5.41, 5.74) is 9.97. The second-order valence-electron chi connectivity index (χ2n) is 6.68. The van der Waals surface area contributed by atoms with Gasteiger partial charge in [0.1, 0.15) is 0 Å². The van der Waals surface area contributed by atoms with Crippen molar-refractivity contribution in [1.82, 2.24) is 5.32 Å². The third kappa shape index (κ3) is 4.45. The first-order chi connectivity index (χ1) is 13.3. The zero-order valence-corrected chi connectivity index (χ0v) is 15.9. The minimum Gasteiger partial charge on any atom is -0.379 e. The van der Waals surface area contributed by atoms with E-state index in [1.165, 1.54) is 22.3 Å². The maximum Gasteiger partial charge on any atom is 0.0948 e. The van der Waals surface area contributed by atoms with Crippen molar-refractivity contribution in [1.29, 1.82) is 0 Å². The highest BCUT2D eigenvalue weighted by atomic mass is 16.5. The van der Waals surface area contributed by atoms with Crippen LogP contribution in [0.4, 0.5) is 0 Å². The Morgan fingerprint density at radius 3 is 1.78 bits per heavy atom. The lowest BCUT2D eigenvalue weighted by Gasteiger charge is -2.37. The van der Waals surface area contributed by atoms with Crippen molar-refractivity contribution >= 4 is 0 Å². The molecule has 3 heteroatoms. The van der Waals surface area contributed by atoms with Crippen LogP contribution in [0.15, 0.2) is 84.9 Å². The van der Waals surface area contributed by atoms with E-state index in [1.54, 1.807) is 0 Å². The summed E-state index contributed by atoms with van der Waals surface area (Å²) in [6, 6.07) is 30.0. The van der Waals surface area contributed by atoms with Gasteiger partial charge in [-0.15, -0.1) is 0 Å². The first kappa shape index (κ1) is 19.3. The van der Waals surface area contributed by atoms with Gasteiger partial charge in [0.05, 0.1) is 18.8 Å². The number of benzene rings is 3. The number of ether oxygens (including phenoxy) is 1. The fraction of sp³-hybridized carbons (Fsp3) is 0.250. The van der Waals surface area contributed by atoms with Crippen molar-refractivity contribution in [3.63, 3.8) is 0 Å². The molecule has 0 radical (unpaired) electrons. The average molecular weight is 361 g/mol. The highest BCUT2D eigenvalue weighted by Crippen LogP contribution is 2.36. The van der Waals surface area contributed by atoms with Crippen molar-refractivity contribution in [2.24, 2.45) is 5.73 Å². The molecule has 3 aromatic rings. The van der Waals surface area contributed by atoms with Crippen LogP contribution in [0.1, 0.15) is 22.3 Å². The van der Waals surface area contributed by atoms with Crippen LogP contribution in [0, 0.1) is 6.92 Å². The molecular weight excluding hydrogens is 332 g/mol. The van der Waals surface area contributed by atoms with Crippen LogP contribution in [0.5, 0.6) is 0 Å². The topological polar surface area (TPSA) is 47.3 Å². The van der Waals surface area contributed by atoms with Crippen LogP contribution in [0.25, 0.3) is 0 Å². The Morgan fingerprint density at radius 2 is 1.26 bits per heavy atom. The van der Waals surface area contributed by atoms with Gasteiger partial charge in [-0.05, 0) is 23.6 Å². The van der Waals surface area contributed by atoms with Gasteiger partial charge >= 0.3 is 0 Å². The summed E-state index contributed by atoms with van der Waals surface area (Å²) >= 11 is 0. The molecule has 0 aliphatic heterocycles. The summed E-state index contributed by atoms with van der Waals surface area (Å²) in [5.74, 6) is 0. The molecule has 0 aliphatic carbocycles. The number of hydrogen-bond acceptors (Lipinski definition) is 3. The Morgan fingerprint density at radius 1 is 0.741 bits per heavy atom. The molecule has 0 unspecified atom stereocenters. The first-order valence-corrected chi connectivity index (χ1v) is 9.48. The zero-order valence-electron chi connectivity index (χ0n) is 15.9. The van der Waals surface area contributed by atoms with Crippen molar-refractivity contribution in [2.75, 3.05) is 26.3 Å². The van der Waals surface area contributed by atoms with Gasteiger partial charge in [-0.2, -0.15) is 0 Å². The monoisotopic (exact) mass is 360 g/mol. The third-order valence-electron chi connectivity index (χ3n) is 4.80. The summed E-state index contributed by atoms with van der Waals surface area (Å²) in [6.07, 6.45) is 0. The molecule has 0 saturated carbocycles. The van der Waals surface area contributed by atoms with Crippen molar-refractivity contribution in [2.45, 2.75) is 12.5 Å². The molecule has 0 atom stereocenters. The molecule has 0 bridgehead atoms. The van der Waals surface area contributed by atoms with Gasteiger partial charge in [-0.1, -0.05) is 90.5 Å². The Labute approximate surface area is 162 Å². The summed E-state index contributed by atoms with van der Waals surface area (Å²) in [4.78, 5) is 0. The quantitative estimate of drug-likeness (QED) is 0.450. The SMILES string of the molecule is Cc1ccc(C(NCCOCCN)(c2ccccc2)c2ccccc2)cc1. The molecule has 3 aromatic carbocycles. The Bertz CT molecular complexity index is 761. The van der Waals surface area contributed by atoms with E-state index in [0.29, 0.717) is 19.8 Å². The predicted octanol–water partition coefficient (Wildman–Crippen LogP) is 3.85. The lowest BCUT2D eigenvalue weighted by Crippen LogP contribution is -2.46. The summed E-state index contributed by atoms with van der Waals surface area (Å²) < 4.78 is 5.62. The minimum absolute atomic E-state index is 0.442. The molecule has 0 aliphatic rings. The van der Waals surface area contributed by atoms with E-state index in [1.807, 2.05) is 0 Å². The van der Waals surface area contributed by atoms with Crippen LogP contribution in [0.2, 0.25) is 0 Å². The van der Waals surface area contributed by atoms with Crippen LogP contribution < -0.4 is 11.1 Å². The molecular formula is C24H28N2O. The highest BCUT2D eigenvalue weighted by Gasteiger charge is 2.35. The van der Waals surface area contributed by atoms with Crippen LogP contribution in [0.3, 0.4) is 0 Å². The highest BCUT2D eigenvalue weighted by molar-refractivity contribution is 5.49. The average Bonchev–Trinajstić information content (AvgIpc) is 2.73. The molecule has 3 rings (SSSR count). The Kier molecular flexibility index (Phi) is 6.77. The van der Waals surface area contributed by atoms with E-state index in [0.717, 1.165) is 6.54 Å². The van der Waals surface area contributed by atoms with Crippen LogP contribution >= 0.6 is 0 Å². The third-order valence-corrected chi connectivity index (χ3v) is 4.80. The lowest BCUT2D eigenvalue weighted by molar-refractivity contribution is 0.139. The van der Waals surface area contributed by atoms with E-state index < -0.39 is 5.54 Å². The maximum absolute atomic E-state index is 5.62. The van der Waals surface area contributed by atoms with E-state index in [-0.39, 0.29) is 0 Å². The molecule has 0 fully saturated rings. The van der Waals surface area contributed by atoms with Gasteiger partial charge in [-0.3, -0.25) is 5.32 Å². The Hall–Kier alpha value is -2.46. The number of aryl methyl sites for hydroxylation is 1. The second-order valence-corrected chi connectivity index (χ2v) is 6.68. The minimum atomic E-state index is -0.442. The summed E-state index contributed by atoms with van der Waals surface area (Å²) in [7, 11) is 0. The number of hydrogen-bond donors (Lipinski definition) is 2. The molecule has 0 heterocycles. The Balaban J connectivity index is 2.08. The number of rotatable bonds is 9. The standard InChI is InChI=1S/C24H28N2O/c1-20-12-14-23(15-13-20)24(21-8-4-2-5-9-21,22-10-6-3-7-11-22)26-17-19-27-18-16-25/h2-15,26H,16-19,25H2,1H3. The van der Waals surface area contributed by atoms with Crippen molar-refractivity contribution in [3.8, 4) is 0 Å². The van der Waals surface area contributed by atoms with E-state index in [2.05, 4.69) is 97.2 Å². The van der Waals surface area contributed by atoms with Crippen LogP contribution in [-0.2, 0) is 10.3 Å².